The van der Waals surface area contributed by atoms with E-state index in [4.69, 9.17) is 21.1 Å². The first-order chi connectivity index (χ1) is 12.5. The fraction of sp³-hybridized carbons (Fsp3) is 0.167. The Morgan fingerprint density at radius 3 is 2.46 bits per heavy atom. The fourth-order valence-corrected chi connectivity index (χ4v) is 2.13. The van der Waals surface area contributed by atoms with Gasteiger partial charge in [0, 0.05) is 23.2 Å². The third kappa shape index (κ3) is 5.49. The Morgan fingerprint density at radius 2 is 1.81 bits per heavy atom. The lowest BCUT2D eigenvalue weighted by Gasteiger charge is -2.07. The van der Waals surface area contributed by atoms with Crippen molar-refractivity contribution in [2.24, 2.45) is 5.10 Å². The molecule has 0 saturated carbocycles. The molecule has 2 amide bonds. The molecule has 7 nitrogen and oxygen atoms in total. The van der Waals surface area contributed by atoms with Gasteiger partial charge in [0.05, 0.1) is 20.4 Å². The largest absolute Gasteiger partial charge is 0.497 e. The van der Waals surface area contributed by atoms with Crippen LogP contribution in [0.4, 0.5) is 0 Å². The molecule has 0 fully saturated rings. The first-order valence-electron chi connectivity index (χ1n) is 7.61. The van der Waals surface area contributed by atoms with Crippen LogP contribution in [0, 0.1) is 0 Å². The van der Waals surface area contributed by atoms with E-state index in [1.165, 1.54) is 13.3 Å². The number of hydrogen-bond acceptors (Lipinski definition) is 5. The molecule has 0 atom stereocenters. The van der Waals surface area contributed by atoms with Crippen molar-refractivity contribution in [1.82, 2.24) is 10.7 Å². The lowest BCUT2D eigenvalue weighted by Crippen LogP contribution is -2.37. The van der Waals surface area contributed by atoms with Crippen molar-refractivity contribution >= 4 is 29.6 Å². The highest BCUT2D eigenvalue weighted by Gasteiger charge is 2.12. The molecule has 2 aromatic carbocycles. The highest BCUT2D eigenvalue weighted by atomic mass is 35.5. The quantitative estimate of drug-likeness (QED) is 0.460. The zero-order valence-corrected chi connectivity index (χ0v) is 15.0. The van der Waals surface area contributed by atoms with E-state index in [-0.39, 0.29) is 6.54 Å². The van der Waals surface area contributed by atoms with E-state index < -0.39 is 11.8 Å². The molecule has 0 bridgehead atoms. The monoisotopic (exact) mass is 375 g/mol. The third-order valence-electron chi connectivity index (χ3n) is 3.38. The highest BCUT2D eigenvalue weighted by Crippen LogP contribution is 2.22. The highest BCUT2D eigenvalue weighted by molar-refractivity contribution is 6.35. The van der Waals surface area contributed by atoms with Gasteiger partial charge in [0.25, 0.3) is 0 Å². The first-order valence-corrected chi connectivity index (χ1v) is 7.99. The van der Waals surface area contributed by atoms with Gasteiger partial charge in [0.2, 0.25) is 0 Å². The van der Waals surface area contributed by atoms with E-state index in [2.05, 4.69) is 15.8 Å². The molecule has 0 radical (unpaired) electrons. The minimum atomic E-state index is -0.873. The van der Waals surface area contributed by atoms with Crippen molar-refractivity contribution < 1.29 is 19.1 Å². The third-order valence-corrected chi connectivity index (χ3v) is 3.63. The molecule has 136 valence electrons. The predicted molar refractivity (Wildman–Crippen MR) is 98.6 cm³/mol. The number of amides is 2. The minimum absolute atomic E-state index is 0.208. The number of halogens is 1. The number of nitrogens with one attached hydrogen (secondary N) is 2. The summed E-state index contributed by atoms with van der Waals surface area (Å²) in [6.07, 6.45) is 1.38. The van der Waals surface area contributed by atoms with E-state index in [0.29, 0.717) is 22.1 Å². The van der Waals surface area contributed by atoms with Crippen molar-refractivity contribution in [1.29, 1.82) is 0 Å². The molecule has 0 aliphatic rings. The number of benzene rings is 2. The normalized spacial score (nSPS) is 10.4. The number of hydrogen-bond donors (Lipinski definition) is 2. The molecule has 0 aromatic heterocycles. The van der Waals surface area contributed by atoms with Crippen molar-refractivity contribution in [2.75, 3.05) is 14.2 Å². The van der Waals surface area contributed by atoms with E-state index in [9.17, 15) is 9.59 Å². The molecular formula is C18H18ClN3O4. The van der Waals surface area contributed by atoms with Gasteiger partial charge in [0.1, 0.15) is 11.5 Å². The summed E-state index contributed by atoms with van der Waals surface area (Å²) in [4.78, 5) is 23.5. The lowest BCUT2D eigenvalue weighted by molar-refractivity contribution is -0.139. The molecule has 2 N–H and O–H groups in total. The Balaban J connectivity index is 1.88. The van der Waals surface area contributed by atoms with Crippen molar-refractivity contribution in [3.63, 3.8) is 0 Å². The van der Waals surface area contributed by atoms with Gasteiger partial charge < -0.3 is 14.8 Å². The Hall–Kier alpha value is -3.06. The molecule has 8 heteroatoms. The van der Waals surface area contributed by atoms with Gasteiger partial charge in [-0.3, -0.25) is 9.59 Å². The molecule has 0 spiro atoms. The average Bonchev–Trinajstić information content (AvgIpc) is 2.67. The zero-order chi connectivity index (χ0) is 18.9. The molecule has 2 rings (SSSR count). The van der Waals surface area contributed by atoms with E-state index >= 15 is 0 Å². The maximum Gasteiger partial charge on any atom is 0.329 e. The number of carbonyl (C=O) groups excluding carboxylic acids is 2. The van der Waals surface area contributed by atoms with Crippen LogP contribution in [-0.2, 0) is 16.1 Å². The topological polar surface area (TPSA) is 89.0 Å². The fourth-order valence-electron chi connectivity index (χ4n) is 2.00. The summed E-state index contributed by atoms with van der Waals surface area (Å²) in [5.74, 6) is -0.513. The summed E-state index contributed by atoms with van der Waals surface area (Å²) in [5.41, 5.74) is 3.61. The summed E-state index contributed by atoms with van der Waals surface area (Å²) in [5, 5.41) is 6.86. The van der Waals surface area contributed by atoms with Crippen LogP contribution in [0.3, 0.4) is 0 Å². The summed E-state index contributed by atoms with van der Waals surface area (Å²) in [6, 6.07) is 12.1. The SMILES string of the molecule is COc1ccc(C=NNC(=O)C(=O)NCc2ccc(Cl)cc2)c(OC)c1. The second-order valence-electron chi connectivity index (χ2n) is 5.12. The maximum atomic E-state index is 11.8. The van der Waals surface area contributed by atoms with Crippen molar-refractivity contribution in [3.8, 4) is 11.5 Å². The Morgan fingerprint density at radius 1 is 1.08 bits per heavy atom. The van der Waals surface area contributed by atoms with Gasteiger partial charge in [-0.1, -0.05) is 23.7 Å². The molecule has 0 aliphatic heterocycles. The Kier molecular flexibility index (Phi) is 6.99. The van der Waals surface area contributed by atoms with Gasteiger partial charge in [0.15, 0.2) is 0 Å². The summed E-state index contributed by atoms with van der Waals surface area (Å²) in [6.45, 7) is 0.208. The van der Waals surface area contributed by atoms with E-state index in [1.54, 1.807) is 49.6 Å². The Bertz CT molecular complexity index is 807. The summed E-state index contributed by atoms with van der Waals surface area (Å²) in [7, 11) is 3.06. The van der Waals surface area contributed by atoms with E-state index in [1.807, 2.05) is 0 Å². The summed E-state index contributed by atoms with van der Waals surface area (Å²) < 4.78 is 10.3. The Labute approximate surface area is 155 Å². The number of ether oxygens (including phenoxy) is 2. The minimum Gasteiger partial charge on any atom is -0.497 e. The van der Waals surface area contributed by atoms with Gasteiger partial charge in [-0.2, -0.15) is 5.10 Å². The molecule has 0 heterocycles. The van der Waals surface area contributed by atoms with Gasteiger partial charge in [-0.05, 0) is 29.8 Å². The second kappa shape index (κ2) is 9.43. The molecule has 26 heavy (non-hydrogen) atoms. The van der Waals surface area contributed by atoms with Crippen LogP contribution >= 0.6 is 11.6 Å². The van der Waals surface area contributed by atoms with Crippen molar-refractivity contribution in [3.05, 3.63) is 58.6 Å². The summed E-state index contributed by atoms with van der Waals surface area (Å²) >= 11 is 5.79. The zero-order valence-electron chi connectivity index (χ0n) is 14.3. The van der Waals surface area contributed by atoms with E-state index in [0.717, 1.165) is 5.56 Å². The first kappa shape index (κ1) is 19.3. The van der Waals surface area contributed by atoms with Crippen LogP contribution < -0.4 is 20.2 Å². The van der Waals surface area contributed by atoms with Crippen LogP contribution in [-0.4, -0.2) is 32.2 Å². The number of nitrogens with zero attached hydrogens (tertiary/aromatic N) is 1. The smallest absolute Gasteiger partial charge is 0.329 e. The molecule has 0 unspecified atom stereocenters. The van der Waals surface area contributed by atoms with Gasteiger partial charge >= 0.3 is 11.8 Å². The average molecular weight is 376 g/mol. The lowest BCUT2D eigenvalue weighted by atomic mass is 10.2. The number of hydrazone groups is 1. The molecular weight excluding hydrogens is 358 g/mol. The molecule has 2 aromatic rings. The molecule has 0 aliphatic carbocycles. The van der Waals surface area contributed by atoms with Gasteiger partial charge in [-0.25, -0.2) is 5.43 Å². The van der Waals surface area contributed by atoms with Crippen LogP contribution in [0.15, 0.2) is 47.6 Å². The van der Waals surface area contributed by atoms with Crippen LogP contribution in [0.5, 0.6) is 11.5 Å². The van der Waals surface area contributed by atoms with Crippen LogP contribution in [0.1, 0.15) is 11.1 Å². The van der Waals surface area contributed by atoms with Crippen LogP contribution in [0.2, 0.25) is 5.02 Å². The van der Waals surface area contributed by atoms with Crippen LogP contribution in [0.25, 0.3) is 0 Å². The van der Waals surface area contributed by atoms with Gasteiger partial charge in [-0.15, -0.1) is 0 Å². The predicted octanol–water partition coefficient (Wildman–Crippen LogP) is 2.12. The van der Waals surface area contributed by atoms with Crippen molar-refractivity contribution in [2.45, 2.75) is 6.54 Å². The number of methoxy groups -OCH3 is 2. The second-order valence-corrected chi connectivity index (χ2v) is 5.55. The maximum absolute atomic E-state index is 11.8. The number of rotatable bonds is 6. The standard InChI is InChI=1S/C18H18ClN3O4/c1-25-15-8-5-13(16(9-15)26-2)11-21-22-18(24)17(23)20-10-12-3-6-14(19)7-4-12/h3-9,11H,10H2,1-2H3,(H,20,23)(H,22,24). The molecule has 0 saturated heterocycles. The number of carbonyl (C=O) groups is 2.